The van der Waals surface area contributed by atoms with Gasteiger partial charge in [-0.3, -0.25) is 9.59 Å². The zero-order valence-corrected chi connectivity index (χ0v) is 15.9. The van der Waals surface area contributed by atoms with Crippen LogP contribution in [0, 0.1) is 17.8 Å². The number of nitrogens with one attached hydrogen (secondary N) is 2. The summed E-state index contributed by atoms with van der Waals surface area (Å²) in [7, 11) is 0. The maximum atomic E-state index is 12.5. The third-order valence-electron chi connectivity index (χ3n) is 5.01. The summed E-state index contributed by atoms with van der Waals surface area (Å²) in [6.45, 7) is 10.0. The SMILES string of the molecule is CCOCCCNC(=O)C(NC(=O)C1CCC(CC)CC1)C(C)C. The van der Waals surface area contributed by atoms with Crippen LogP contribution in [0.3, 0.4) is 0 Å². The van der Waals surface area contributed by atoms with Crippen molar-refractivity contribution in [1.29, 1.82) is 0 Å². The first-order valence-corrected chi connectivity index (χ1v) is 9.65. The Morgan fingerprint density at radius 3 is 2.33 bits per heavy atom. The molecule has 0 saturated heterocycles. The van der Waals surface area contributed by atoms with Crippen LogP contribution in [0.15, 0.2) is 0 Å². The van der Waals surface area contributed by atoms with Gasteiger partial charge in [-0.2, -0.15) is 0 Å². The highest BCUT2D eigenvalue weighted by Gasteiger charge is 2.30. The van der Waals surface area contributed by atoms with Crippen molar-refractivity contribution < 1.29 is 14.3 Å². The summed E-state index contributed by atoms with van der Waals surface area (Å²) >= 11 is 0. The smallest absolute Gasteiger partial charge is 0.242 e. The Morgan fingerprint density at radius 2 is 1.79 bits per heavy atom. The molecule has 1 fully saturated rings. The molecule has 1 aliphatic carbocycles. The molecule has 0 spiro atoms. The fourth-order valence-electron chi connectivity index (χ4n) is 3.28. The van der Waals surface area contributed by atoms with Gasteiger partial charge in [-0.1, -0.05) is 27.2 Å². The minimum atomic E-state index is -0.450. The lowest BCUT2D eigenvalue weighted by molar-refractivity contribution is -0.132. The molecule has 1 unspecified atom stereocenters. The second-order valence-electron chi connectivity index (χ2n) is 7.20. The van der Waals surface area contributed by atoms with Crippen LogP contribution in [0.1, 0.15) is 66.2 Å². The first-order chi connectivity index (χ1) is 11.5. The highest BCUT2D eigenvalue weighted by Crippen LogP contribution is 2.30. The third-order valence-corrected chi connectivity index (χ3v) is 5.01. The van der Waals surface area contributed by atoms with Gasteiger partial charge >= 0.3 is 0 Å². The van der Waals surface area contributed by atoms with Crippen LogP contribution in [-0.2, 0) is 14.3 Å². The standard InChI is InChI=1S/C19H36N2O3/c1-5-15-8-10-16(11-9-15)18(22)21-17(14(3)4)19(23)20-12-7-13-24-6-2/h14-17H,5-13H2,1-4H3,(H,20,23)(H,21,22). The first-order valence-electron chi connectivity index (χ1n) is 9.65. The highest BCUT2D eigenvalue weighted by atomic mass is 16.5. The summed E-state index contributed by atoms with van der Waals surface area (Å²) < 4.78 is 5.26. The molecule has 0 aliphatic heterocycles. The van der Waals surface area contributed by atoms with Crippen molar-refractivity contribution in [2.45, 2.75) is 72.3 Å². The van der Waals surface area contributed by atoms with Gasteiger partial charge in [0.15, 0.2) is 0 Å². The Morgan fingerprint density at radius 1 is 1.12 bits per heavy atom. The molecule has 1 atom stereocenters. The van der Waals surface area contributed by atoms with Gasteiger partial charge in [0.25, 0.3) is 0 Å². The minimum Gasteiger partial charge on any atom is -0.382 e. The second kappa shape index (κ2) is 11.5. The van der Waals surface area contributed by atoms with Crippen LogP contribution < -0.4 is 10.6 Å². The van der Waals surface area contributed by atoms with E-state index < -0.39 is 6.04 Å². The van der Waals surface area contributed by atoms with Crippen molar-refractivity contribution in [2.75, 3.05) is 19.8 Å². The van der Waals surface area contributed by atoms with Crippen LogP contribution in [0.2, 0.25) is 0 Å². The molecule has 24 heavy (non-hydrogen) atoms. The molecular weight excluding hydrogens is 304 g/mol. The van der Waals surface area contributed by atoms with Gasteiger partial charge in [0, 0.05) is 25.7 Å². The van der Waals surface area contributed by atoms with Crippen molar-refractivity contribution in [2.24, 2.45) is 17.8 Å². The van der Waals surface area contributed by atoms with E-state index in [-0.39, 0.29) is 23.7 Å². The Hall–Kier alpha value is -1.10. The fourth-order valence-corrected chi connectivity index (χ4v) is 3.28. The molecule has 5 nitrogen and oxygen atoms in total. The van der Waals surface area contributed by atoms with E-state index in [1.54, 1.807) is 0 Å². The Balaban J connectivity index is 2.41. The van der Waals surface area contributed by atoms with E-state index >= 15 is 0 Å². The van der Waals surface area contributed by atoms with E-state index in [1.165, 1.54) is 6.42 Å². The van der Waals surface area contributed by atoms with Gasteiger partial charge in [-0.15, -0.1) is 0 Å². The molecule has 140 valence electrons. The lowest BCUT2D eigenvalue weighted by atomic mass is 9.80. The number of ether oxygens (including phenoxy) is 1. The van der Waals surface area contributed by atoms with Gasteiger partial charge in [0.1, 0.15) is 6.04 Å². The van der Waals surface area contributed by atoms with E-state index in [2.05, 4.69) is 17.6 Å². The number of carbonyl (C=O) groups is 2. The largest absolute Gasteiger partial charge is 0.382 e. The van der Waals surface area contributed by atoms with E-state index in [9.17, 15) is 9.59 Å². The van der Waals surface area contributed by atoms with Gasteiger partial charge in [0.05, 0.1) is 0 Å². The zero-order valence-electron chi connectivity index (χ0n) is 15.9. The summed E-state index contributed by atoms with van der Waals surface area (Å²) in [5, 5.41) is 5.90. The molecule has 1 rings (SSSR count). The number of hydrogen-bond donors (Lipinski definition) is 2. The molecule has 2 amide bonds. The van der Waals surface area contributed by atoms with Gasteiger partial charge in [-0.05, 0) is 50.9 Å². The lowest BCUT2D eigenvalue weighted by Crippen LogP contribution is -2.51. The number of amides is 2. The summed E-state index contributed by atoms with van der Waals surface area (Å²) in [6, 6.07) is -0.450. The molecule has 1 aliphatic rings. The van der Waals surface area contributed by atoms with Crippen LogP contribution in [-0.4, -0.2) is 37.6 Å². The molecular formula is C19H36N2O3. The Labute approximate surface area is 147 Å². The normalized spacial score (nSPS) is 22.2. The first kappa shape index (κ1) is 20.9. The van der Waals surface area contributed by atoms with Crippen LogP contribution >= 0.6 is 0 Å². The Bertz CT molecular complexity index is 377. The molecule has 0 aromatic rings. The van der Waals surface area contributed by atoms with Crippen molar-refractivity contribution in [3.05, 3.63) is 0 Å². The molecule has 0 bridgehead atoms. The zero-order chi connectivity index (χ0) is 17.9. The summed E-state index contributed by atoms with van der Waals surface area (Å²) in [5.74, 6) is 0.876. The fraction of sp³-hybridized carbons (Fsp3) is 0.895. The van der Waals surface area contributed by atoms with Gasteiger partial charge in [-0.25, -0.2) is 0 Å². The van der Waals surface area contributed by atoms with Crippen molar-refractivity contribution in [3.8, 4) is 0 Å². The predicted molar refractivity (Wildman–Crippen MR) is 96.6 cm³/mol. The molecule has 2 N–H and O–H groups in total. The number of rotatable bonds is 10. The average Bonchev–Trinajstić information content (AvgIpc) is 2.58. The van der Waals surface area contributed by atoms with E-state index in [1.807, 2.05) is 20.8 Å². The van der Waals surface area contributed by atoms with Gasteiger partial charge < -0.3 is 15.4 Å². The van der Waals surface area contributed by atoms with Crippen molar-refractivity contribution in [1.82, 2.24) is 10.6 Å². The van der Waals surface area contributed by atoms with E-state index in [4.69, 9.17) is 4.74 Å². The Kier molecular flexibility index (Phi) is 9.99. The van der Waals surface area contributed by atoms with E-state index in [0.29, 0.717) is 19.8 Å². The molecule has 1 saturated carbocycles. The molecule has 5 heteroatoms. The van der Waals surface area contributed by atoms with Gasteiger partial charge in [0.2, 0.25) is 11.8 Å². The predicted octanol–water partition coefficient (Wildman–Crippen LogP) is 2.89. The maximum Gasteiger partial charge on any atom is 0.242 e. The van der Waals surface area contributed by atoms with Crippen LogP contribution in [0.5, 0.6) is 0 Å². The molecule has 0 heterocycles. The molecule has 0 aromatic carbocycles. The highest BCUT2D eigenvalue weighted by molar-refractivity contribution is 5.88. The average molecular weight is 341 g/mol. The quantitative estimate of drug-likeness (QED) is 0.601. The van der Waals surface area contributed by atoms with E-state index in [0.717, 1.165) is 38.0 Å². The number of hydrogen-bond acceptors (Lipinski definition) is 3. The minimum absolute atomic E-state index is 0.0488. The van der Waals surface area contributed by atoms with Crippen LogP contribution in [0.25, 0.3) is 0 Å². The maximum absolute atomic E-state index is 12.5. The summed E-state index contributed by atoms with van der Waals surface area (Å²) in [4.78, 5) is 24.9. The number of carbonyl (C=O) groups excluding carboxylic acids is 2. The monoisotopic (exact) mass is 340 g/mol. The van der Waals surface area contributed by atoms with Crippen molar-refractivity contribution >= 4 is 11.8 Å². The topological polar surface area (TPSA) is 67.4 Å². The van der Waals surface area contributed by atoms with Crippen molar-refractivity contribution in [3.63, 3.8) is 0 Å². The lowest BCUT2D eigenvalue weighted by Gasteiger charge is -2.29. The second-order valence-corrected chi connectivity index (χ2v) is 7.20. The summed E-state index contributed by atoms with van der Waals surface area (Å²) in [6.07, 6.45) is 6.15. The summed E-state index contributed by atoms with van der Waals surface area (Å²) in [5.41, 5.74) is 0. The van der Waals surface area contributed by atoms with Crippen LogP contribution in [0.4, 0.5) is 0 Å². The third kappa shape index (κ3) is 7.20. The molecule has 0 radical (unpaired) electrons. The molecule has 0 aromatic heterocycles.